The second kappa shape index (κ2) is 5.12. The largest absolute Gasteiger partial charge is 0.497 e. The molecule has 1 aromatic carbocycles. The smallest absolute Gasteiger partial charge is 0.166 e. The molecule has 1 N–H and O–H groups in total. The van der Waals surface area contributed by atoms with Crippen LogP contribution in [0.25, 0.3) is 0 Å². The number of ketones is 1. The van der Waals surface area contributed by atoms with Gasteiger partial charge >= 0.3 is 0 Å². The van der Waals surface area contributed by atoms with Crippen molar-refractivity contribution in [1.29, 1.82) is 0 Å². The van der Waals surface area contributed by atoms with E-state index in [1.807, 2.05) is 24.3 Å². The molecule has 0 aromatic heterocycles. The Labute approximate surface area is 95.8 Å². The lowest BCUT2D eigenvalue weighted by Gasteiger charge is -2.21. The summed E-state index contributed by atoms with van der Waals surface area (Å²) in [5.41, 5.74) is 0.770. The molecule has 1 aromatic rings. The molecule has 1 aliphatic rings. The Hall–Kier alpha value is -1.35. The molecule has 1 heterocycles. The molecule has 0 saturated carbocycles. The standard InChI is InChI=1S/C13H17NO2/c1-16-12-4-2-3-11(9-12)13(15)10-5-7-14-8-6-10/h2-4,9-10,14H,5-8H2,1H3. The Morgan fingerprint density at radius 2 is 2.12 bits per heavy atom. The summed E-state index contributed by atoms with van der Waals surface area (Å²) in [6.45, 7) is 1.89. The number of carbonyl (C=O) groups excluding carboxylic acids is 1. The van der Waals surface area contributed by atoms with Gasteiger partial charge in [-0.2, -0.15) is 0 Å². The summed E-state index contributed by atoms with van der Waals surface area (Å²) in [5, 5.41) is 3.27. The Balaban J connectivity index is 2.12. The van der Waals surface area contributed by atoms with Gasteiger partial charge in [0.15, 0.2) is 5.78 Å². The number of rotatable bonds is 3. The van der Waals surface area contributed by atoms with Crippen LogP contribution in [0.1, 0.15) is 23.2 Å². The second-order valence-corrected chi connectivity index (χ2v) is 4.12. The van der Waals surface area contributed by atoms with Gasteiger partial charge in [0.05, 0.1) is 7.11 Å². The monoisotopic (exact) mass is 219 g/mol. The van der Waals surface area contributed by atoms with Gasteiger partial charge in [-0.1, -0.05) is 12.1 Å². The molecule has 1 fully saturated rings. The highest BCUT2D eigenvalue weighted by Gasteiger charge is 2.22. The molecular weight excluding hydrogens is 202 g/mol. The van der Waals surface area contributed by atoms with Gasteiger partial charge in [0.1, 0.15) is 5.75 Å². The first-order chi connectivity index (χ1) is 7.81. The Morgan fingerprint density at radius 3 is 2.81 bits per heavy atom. The van der Waals surface area contributed by atoms with Crippen molar-refractivity contribution in [1.82, 2.24) is 5.32 Å². The highest BCUT2D eigenvalue weighted by atomic mass is 16.5. The molecule has 0 amide bonds. The van der Waals surface area contributed by atoms with Crippen molar-refractivity contribution >= 4 is 5.78 Å². The molecule has 86 valence electrons. The molecule has 0 radical (unpaired) electrons. The number of carbonyl (C=O) groups is 1. The van der Waals surface area contributed by atoms with E-state index in [1.54, 1.807) is 7.11 Å². The number of nitrogens with one attached hydrogen (secondary N) is 1. The highest BCUT2D eigenvalue weighted by molar-refractivity contribution is 5.98. The molecule has 3 nitrogen and oxygen atoms in total. The summed E-state index contributed by atoms with van der Waals surface area (Å²) in [6.07, 6.45) is 1.88. The number of hydrogen-bond acceptors (Lipinski definition) is 3. The average molecular weight is 219 g/mol. The molecule has 1 aliphatic heterocycles. The molecule has 1 saturated heterocycles. The first-order valence-electron chi connectivity index (χ1n) is 5.70. The highest BCUT2D eigenvalue weighted by Crippen LogP contribution is 2.20. The molecule has 0 atom stereocenters. The fraction of sp³-hybridized carbons (Fsp3) is 0.462. The zero-order valence-corrected chi connectivity index (χ0v) is 9.53. The Bertz CT molecular complexity index is 370. The van der Waals surface area contributed by atoms with E-state index in [9.17, 15) is 4.79 Å². The van der Waals surface area contributed by atoms with Gasteiger partial charge in [0.25, 0.3) is 0 Å². The van der Waals surface area contributed by atoms with Gasteiger partial charge in [0, 0.05) is 11.5 Å². The quantitative estimate of drug-likeness (QED) is 0.789. The molecule has 0 bridgehead atoms. The lowest BCUT2D eigenvalue weighted by atomic mass is 9.89. The first-order valence-corrected chi connectivity index (χ1v) is 5.70. The number of hydrogen-bond donors (Lipinski definition) is 1. The molecule has 0 aliphatic carbocycles. The van der Waals surface area contributed by atoms with E-state index < -0.39 is 0 Å². The van der Waals surface area contributed by atoms with Crippen molar-refractivity contribution in [2.24, 2.45) is 5.92 Å². The summed E-state index contributed by atoms with van der Waals surface area (Å²) < 4.78 is 5.13. The van der Waals surface area contributed by atoms with Crippen molar-refractivity contribution in [3.05, 3.63) is 29.8 Å². The van der Waals surface area contributed by atoms with Crippen molar-refractivity contribution in [2.45, 2.75) is 12.8 Å². The van der Waals surface area contributed by atoms with Crippen LogP contribution in [-0.4, -0.2) is 26.0 Å². The Morgan fingerprint density at radius 1 is 1.38 bits per heavy atom. The third kappa shape index (κ3) is 2.42. The third-order valence-corrected chi connectivity index (χ3v) is 3.06. The number of benzene rings is 1. The number of methoxy groups -OCH3 is 1. The van der Waals surface area contributed by atoms with Gasteiger partial charge in [0.2, 0.25) is 0 Å². The van der Waals surface area contributed by atoms with E-state index in [0.29, 0.717) is 0 Å². The maximum absolute atomic E-state index is 12.2. The normalized spacial score (nSPS) is 17.1. The van der Waals surface area contributed by atoms with Crippen molar-refractivity contribution in [3.63, 3.8) is 0 Å². The van der Waals surface area contributed by atoms with Gasteiger partial charge in [-0.3, -0.25) is 4.79 Å². The SMILES string of the molecule is COc1cccc(C(=O)C2CCNCC2)c1. The van der Waals surface area contributed by atoms with Crippen LogP contribution in [0.4, 0.5) is 0 Å². The number of Topliss-reactive ketones (excluding diaryl/α,β-unsaturated/α-hetero) is 1. The van der Waals surface area contributed by atoms with E-state index in [1.165, 1.54) is 0 Å². The van der Waals surface area contributed by atoms with Crippen molar-refractivity contribution in [2.75, 3.05) is 20.2 Å². The lowest BCUT2D eigenvalue weighted by molar-refractivity contribution is 0.0895. The van der Waals surface area contributed by atoms with Crippen LogP contribution in [0.3, 0.4) is 0 Å². The van der Waals surface area contributed by atoms with E-state index in [2.05, 4.69) is 5.32 Å². The van der Waals surface area contributed by atoms with Gasteiger partial charge in [-0.15, -0.1) is 0 Å². The van der Waals surface area contributed by atoms with Crippen LogP contribution < -0.4 is 10.1 Å². The van der Waals surface area contributed by atoms with Gasteiger partial charge in [-0.25, -0.2) is 0 Å². The van der Waals surface area contributed by atoms with Crippen LogP contribution >= 0.6 is 0 Å². The van der Waals surface area contributed by atoms with E-state index in [0.717, 1.165) is 37.2 Å². The summed E-state index contributed by atoms with van der Waals surface area (Å²) in [5.74, 6) is 1.17. The van der Waals surface area contributed by atoms with Crippen LogP contribution in [0.15, 0.2) is 24.3 Å². The average Bonchev–Trinajstić information content (AvgIpc) is 2.39. The molecule has 3 heteroatoms. The fourth-order valence-corrected chi connectivity index (χ4v) is 2.10. The second-order valence-electron chi connectivity index (χ2n) is 4.12. The number of piperidine rings is 1. The van der Waals surface area contributed by atoms with Gasteiger partial charge < -0.3 is 10.1 Å². The predicted octanol–water partition coefficient (Wildman–Crippen LogP) is 1.88. The van der Waals surface area contributed by atoms with Crippen LogP contribution in [0.5, 0.6) is 5.75 Å². The minimum Gasteiger partial charge on any atom is -0.497 e. The molecule has 0 unspecified atom stereocenters. The maximum Gasteiger partial charge on any atom is 0.166 e. The minimum absolute atomic E-state index is 0.174. The van der Waals surface area contributed by atoms with E-state index >= 15 is 0 Å². The molecular formula is C13H17NO2. The van der Waals surface area contributed by atoms with Crippen LogP contribution in [-0.2, 0) is 0 Å². The van der Waals surface area contributed by atoms with E-state index in [4.69, 9.17) is 4.74 Å². The van der Waals surface area contributed by atoms with E-state index in [-0.39, 0.29) is 11.7 Å². The zero-order chi connectivity index (χ0) is 11.4. The summed E-state index contributed by atoms with van der Waals surface area (Å²) in [7, 11) is 1.62. The topological polar surface area (TPSA) is 38.3 Å². The number of ether oxygens (including phenoxy) is 1. The van der Waals surface area contributed by atoms with Crippen LogP contribution in [0.2, 0.25) is 0 Å². The molecule has 0 spiro atoms. The summed E-state index contributed by atoms with van der Waals surface area (Å²) >= 11 is 0. The molecule has 2 rings (SSSR count). The van der Waals surface area contributed by atoms with Crippen molar-refractivity contribution < 1.29 is 9.53 Å². The lowest BCUT2D eigenvalue weighted by Crippen LogP contribution is -2.31. The maximum atomic E-state index is 12.2. The fourth-order valence-electron chi connectivity index (χ4n) is 2.10. The molecule has 16 heavy (non-hydrogen) atoms. The van der Waals surface area contributed by atoms with Crippen LogP contribution in [0, 0.1) is 5.92 Å². The third-order valence-electron chi connectivity index (χ3n) is 3.06. The summed E-state index contributed by atoms with van der Waals surface area (Å²) in [6, 6.07) is 7.42. The first kappa shape index (κ1) is 11.1. The minimum atomic E-state index is 0.174. The summed E-state index contributed by atoms with van der Waals surface area (Å²) in [4.78, 5) is 12.2. The van der Waals surface area contributed by atoms with Crippen molar-refractivity contribution in [3.8, 4) is 5.75 Å². The zero-order valence-electron chi connectivity index (χ0n) is 9.53. The predicted molar refractivity (Wildman–Crippen MR) is 62.9 cm³/mol. The van der Waals surface area contributed by atoms with Gasteiger partial charge in [-0.05, 0) is 38.1 Å². The Kier molecular flexibility index (Phi) is 3.57.